The third kappa shape index (κ3) is 1.32. The zero-order chi connectivity index (χ0) is 8.84. The van der Waals surface area contributed by atoms with E-state index in [4.69, 9.17) is 5.73 Å². The van der Waals surface area contributed by atoms with Crippen LogP contribution in [0.5, 0.6) is 0 Å². The Kier molecular flexibility index (Phi) is 2.07. The molecule has 3 heteroatoms. The third-order valence-corrected chi connectivity index (χ3v) is 5.29. The van der Waals surface area contributed by atoms with Gasteiger partial charge in [0, 0.05) is 35.7 Å². The second-order valence-corrected chi connectivity index (χ2v) is 6.04. The molecule has 1 saturated carbocycles. The average Bonchev–Trinajstić information content (AvgIpc) is 2.77. The van der Waals surface area contributed by atoms with E-state index in [-0.39, 0.29) is 0 Å². The standard InChI is InChI=1S/C10H18N2S/c11-9-2-1-3-10(9)12-5-8-4-7(12)6-13-8/h7-10H,1-6,11H2. The summed E-state index contributed by atoms with van der Waals surface area (Å²) in [6.07, 6.45) is 5.40. The Balaban J connectivity index is 1.72. The van der Waals surface area contributed by atoms with Crippen LogP contribution in [0.2, 0.25) is 0 Å². The topological polar surface area (TPSA) is 29.3 Å². The molecule has 0 aromatic carbocycles. The van der Waals surface area contributed by atoms with Crippen LogP contribution in [0.25, 0.3) is 0 Å². The van der Waals surface area contributed by atoms with Crippen LogP contribution in [0, 0.1) is 0 Å². The van der Waals surface area contributed by atoms with Crippen LogP contribution < -0.4 is 5.73 Å². The SMILES string of the molecule is NC1CCCC1N1CC2CC1CS2. The molecule has 3 fully saturated rings. The van der Waals surface area contributed by atoms with Crippen LogP contribution in [-0.4, -0.2) is 40.6 Å². The molecular weight excluding hydrogens is 180 g/mol. The van der Waals surface area contributed by atoms with Crippen molar-refractivity contribution >= 4 is 11.8 Å². The van der Waals surface area contributed by atoms with Gasteiger partial charge in [0.2, 0.25) is 0 Å². The highest BCUT2D eigenvalue weighted by Crippen LogP contribution is 2.40. The van der Waals surface area contributed by atoms with Crippen molar-refractivity contribution in [2.75, 3.05) is 12.3 Å². The molecule has 2 bridgehead atoms. The van der Waals surface area contributed by atoms with Gasteiger partial charge >= 0.3 is 0 Å². The normalized spacial score (nSPS) is 50.5. The lowest BCUT2D eigenvalue weighted by atomic mass is 10.1. The molecule has 2 nitrogen and oxygen atoms in total. The number of hydrogen-bond acceptors (Lipinski definition) is 3. The Morgan fingerprint density at radius 2 is 2.23 bits per heavy atom. The molecular formula is C10H18N2S. The molecule has 2 saturated heterocycles. The molecule has 3 rings (SSSR count). The van der Waals surface area contributed by atoms with Crippen LogP contribution in [0.15, 0.2) is 0 Å². The maximum atomic E-state index is 6.14. The Hall–Kier alpha value is 0.270. The Morgan fingerprint density at radius 3 is 2.77 bits per heavy atom. The number of likely N-dealkylation sites (tertiary alicyclic amines) is 1. The average molecular weight is 198 g/mol. The van der Waals surface area contributed by atoms with Crippen LogP contribution in [0.4, 0.5) is 0 Å². The van der Waals surface area contributed by atoms with Gasteiger partial charge in [0.15, 0.2) is 0 Å². The van der Waals surface area contributed by atoms with Crippen molar-refractivity contribution < 1.29 is 0 Å². The summed E-state index contributed by atoms with van der Waals surface area (Å²) in [6.45, 7) is 1.33. The molecule has 3 aliphatic rings. The van der Waals surface area contributed by atoms with E-state index in [0.29, 0.717) is 6.04 Å². The lowest BCUT2D eigenvalue weighted by Crippen LogP contribution is -2.48. The molecule has 1 aliphatic carbocycles. The summed E-state index contributed by atoms with van der Waals surface area (Å²) in [5.74, 6) is 1.37. The van der Waals surface area contributed by atoms with Gasteiger partial charge in [-0.1, -0.05) is 6.42 Å². The fourth-order valence-electron chi connectivity index (χ4n) is 3.22. The molecule has 13 heavy (non-hydrogen) atoms. The number of thioether (sulfide) groups is 1. The van der Waals surface area contributed by atoms with Gasteiger partial charge in [0.25, 0.3) is 0 Å². The number of nitrogens with zero attached hydrogens (tertiary/aromatic N) is 1. The van der Waals surface area contributed by atoms with Crippen molar-refractivity contribution in [1.29, 1.82) is 0 Å². The summed E-state index contributed by atoms with van der Waals surface area (Å²) in [4.78, 5) is 2.72. The predicted molar refractivity (Wildman–Crippen MR) is 57.0 cm³/mol. The van der Waals surface area contributed by atoms with Crippen LogP contribution in [0.3, 0.4) is 0 Å². The molecule has 4 unspecified atom stereocenters. The van der Waals surface area contributed by atoms with Crippen molar-refractivity contribution in [3.05, 3.63) is 0 Å². The summed E-state index contributed by atoms with van der Waals surface area (Å²) >= 11 is 2.17. The number of fused-ring (bicyclic) bond motifs is 2. The van der Waals surface area contributed by atoms with Gasteiger partial charge in [-0.15, -0.1) is 0 Å². The summed E-state index contributed by atoms with van der Waals surface area (Å²) in [5.41, 5.74) is 6.14. The highest BCUT2D eigenvalue weighted by Gasteiger charge is 2.43. The highest BCUT2D eigenvalue weighted by atomic mass is 32.2. The van der Waals surface area contributed by atoms with Crippen molar-refractivity contribution in [3.8, 4) is 0 Å². The molecule has 2 heterocycles. The molecule has 0 aromatic rings. The van der Waals surface area contributed by atoms with E-state index in [2.05, 4.69) is 16.7 Å². The van der Waals surface area contributed by atoms with Crippen molar-refractivity contribution in [1.82, 2.24) is 4.90 Å². The fraction of sp³-hybridized carbons (Fsp3) is 1.00. The molecule has 2 aliphatic heterocycles. The van der Waals surface area contributed by atoms with E-state index in [1.165, 1.54) is 38.0 Å². The van der Waals surface area contributed by atoms with E-state index < -0.39 is 0 Å². The van der Waals surface area contributed by atoms with E-state index in [1.54, 1.807) is 0 Å². The number of hydrogen-bond donors (Lipinski definition) is 1. The predicted octanol–water partition coefficient (Wildman–Crippen LogP) is 1.06. The van der Waals surface area contributed by atoms with Crippen LogP contribution in [-0.2, 0) is 0 Å². The van der Waals surface area contributed by atoms with Crippen LogP contribution >= 0.6 is 11.8 Å². The van der Waals surface area contributed by atoms with Crippen LogP contribution in [0.1, 0.15) is 25.7 Å². The second-order valence-electron chi connectivity index (χ2n) is 4.70. The van der Waals surface area contributed by atoms with Crippen molar-refractivity contribution in [2.45, 2.75) is 49.1 Å². The van der Waals surface area contributed by atoms with Gasteiger partial charge in [0.1, 0.15) is 0 Å². The summed E-state index contributed by atoms with van der Waals surface area (Å²) in [7, 11) is 0. The molecule has 0 amide bonds. The molecule has 2 N–H and O–H groups in total. The minimum atomic E-state index is 0.476. The maximum Gasteiger partial charge on any atom is 0.0250 e. The van der Waals surface area contributed by atoms with Gasteiger partial charge in [0.05, 0.1) is 0 Å². The van der Waals surface area contributed by atoms with Crippen molar-refractivity contribution in [2.24, 2.45) is 5.73 Å². The highest BCUT2D eigenvalue weighted by molar-refractivity contribution is 8.00. The van der Waals surface area contributed by atoms with E-state index in [1.807, 2.05) is 0 Å². The fourth-order valence-corrected chi connectivity index (χ4v) is 4.67. The largest absolute Gasteiger partial charge is 0.326 e. The second kappa shape index (κ2) is 3.14. The lowest BCUT2D eigenvalue weighted by molar-refractivity contribution is 0.179. The van der Waals surface area contributed by atoms with Gasteiger partial charge in [-0.25, -0.2) is 0 Å². The van der Waals surface area contributed by atoms with E-state index in [0.717, 1.165) is 17.3 Å². The van der Waals surface area contributed by atoms with Gasteiger partial charge in [-0.05, 0) is 19.3 Å². The minimum Gasteiger partial charge on any atom is -0.326 e. The maximum absolute atomic E-state index is 6.14. The summed E-state index contributed by atoms with van der Waals surface area (Å²) < 4.78 is 0. The smallest absolute Gasteiger partial charge is 0.0250 e. The first kappa shape index (κ1) is 8.57. The molecule has 0 radical (unpaired) electrons. The Bertz CT molecular complexity index is 209. The summed E-state index contributed by atoms with van der Waals surface area (Å²) in [5, 5.41) is 0.942. The molecule has 4 atom stereocenters. The minimum absolute atomic E-state index is 0.476. The quantitative estimate of drug-likeness (QED) is 0.683. The zero-order valence-electron chi connectivity index (χ0n) is 7.98. The van der Waals surface area contributed by atoms with Gasteiger partial charge in [-0.2, -0.15) is 11.8 Å². The molecule has 0 aromatic heterocycles. The van der Waals surface area contributed by atoms with E-state index >= 15 is 0 Å². The monoisotopic (exact) mass is 198 g/mol. The van der Waals surface area contributed by atoms with Gasteiger partial charge < -0.3 is 5.73 Å². The Labute approximate surface area is 84.2 Å². The lowest BCUT2D eigenvalue weighted by Gasteiger charge is -2.34. The molecule has 74 valence electrons. The Morgan fingerprint density at radius 1 is 1.31 bits per heavy atom. The third-order valence-electron chi connectivity index (χ3n) is 3.90. The first-order valence-corrected chi connectivity index (χ1v) is 6.52. The summed E-state index contributed by atoms with van der Waals surface area (Å²) in [6, 6.07) is 2.09. The van der Waals surface area contributed by atoms with Crippen molar-refractivity contribution in [3.63, 3.8) is 0 Å². The number of rotatable bonds is 1. The van der Waals surface area contributed by atoms with E-state index in [9.17, 15) is 0 Å². The first-order chi connectivity index (χ1) is 6.34. The zero-order valence-corrected chi connectivity index (χ0v) is 8.80. The number of nitrogens with two attached hydrogens (primary N) is 1. The first-order valence-electron chi connectivity index (χ1n) is 5.47. The molecule has 0 spiro atoms. The van der Waals surface area contributed by atoms with Gasteiger partial charge in [-0.3, -0.25) is 4.90 Å².